The summed E-state index contributed by atoms with van der Waals surface area (Å²) in [6.07, 6.45) is 1.65. The summed E-state index contributed by atoms with van der Waals surface area (Å²) < 4.78 is 11.0. The summed E-state index contributed by atoms with van der Waals surface area (Å²) in [4.78, 5) is 29.5. The number of para-hydroxylation sites is 2. The molecule has 0 saturated carbocycles. The summed E-state index contributed by atoms with van der Waals surface area (Å²) in [6.45, 7) is 0.126. The molecule has 0 bridgehead atoms. The molecule has 1 aliphatic rings. The van der Waals surface area contributed by atoms with Crippen LogP contribution in [0, 0.1) is 0 Å². The third-order valence-corrected chi connectivity index (χ3v) is 5.94. The first kappa shape index (κ1) is 16.8. The molecule has 0 amide bonds. The van der Waals surface area contributed by atoms with Gasteiger partial charge < -0.3 is 14.5 Å². The Morgan fingerprint density at radius 3 is 2.86 bits per heavy atom. The molecule has 0 fully saturated rings. The first-order valence-corrected chi connectivity index (χ1v) is 9.64. The first-order chi connectivity index (χ1) is 13.7. The fourth-order valence-electron chi connectivity index (χ4n) is 3.38. The minimum Gasteiger partial charge on any atom is -0.488 e. The third-order valence-electron chi connectivity index (χ3n) is 4.75. The highest BCUT2D eigenvalue weighted by Crippen LogP contribution is 2.42. The van der Waals surface area contributed by atoms with E-state index >= 15 is 0 Å². The van der Waals surface area contributed by atoms with Gasteiger partial charge in [-0.2, -0.15) is 0 Å². The number of aromatic nitrogens is 1. The second kappa shape index (κ2) is 6.65. The molecule has 28 heavy (non-hydrogen) atoms. The smallest absolute Gasteiger partial charge is 0.348 e. The van der Waals surface area contributed by atoms with Crippen LogP contribution in [0.15, 0.2) is 60.8 Å². The molecular weight excluding hydrogens is 374 g/mol. The lowest BCUT2D eigenvalue weighted by Crippen LogP contribution is -2.13. The average Bonchev–Trinajstić information content (AvgIpc) is 3.36. The van der Waals surface area contributed by atoms with Crippen molar-refractivity contribution in [2.24, 2.45) is 0 Å². The van der Waals surface area contributed by atoms with Crippen molar-refractivity contribution in [3.05, 3.63) is 76.8 Å². The number of fused-ring (bicyclic) bond motifs is 4. The molecule has 2 aromatic carbocycles. The van der Waals surface area contributed by atoms with Gasteiger partial charge in [-0.25, -0.2) is 4.79 Å². The molecule has 138 valence electrons. The molecule has 0 spiro atoms. The Balaban J connectivity index is 1.33. The number of hydrogen-bond donors (Lipinski definition) is 1. The Morgan fingerprint density at radius 1 is 1.11 bits per heavy atom. The molecule has 0 aliphatic carbocycles. The molecule has 0 atom stereocenters. The number of aromatic amines is 1. The van der Waals surface area contributed by atoms with Crippen molar-refractivity contribution in [2.45, 2.75) is 6.61 Å². The van der Waals surface area contributed by atoms with Gasteiger partial charge >= 0.3 is 5.97 Å². The molecule has 1 aliphatic heterocycles. The molecule has 6 heteroatoms. The molecule has 3 heterocycles. The van der Waals surface area contributed by atoms with E-state index in [4.69, 9.17) is 9.47 Å². The van der Waals surface area contributed by atoms with Crippen molar-refractivity contribution < 1.29 is 19.1 Å². The van der Waals surface area contributed by atoms with Crippen LogP contribution in [0.1, 0.15) is 25.6 Å². The zero-order chi connectivity index (χ0) is 19.1. The van der Waals surface area contributed by atoms with Crippen LogP contribution in [-0.2, 0) is 11.3 Å². The normalized spacial score (nSPS) is 12.1. The molecule has 0 radical (unpaired) electrons. The van der Waals surface area contributed by atoms with Crippen LogP contribution < -0.4 is 4.74 Å². The van der Waals surface area contributed by atoms with Crippen molar-refractivity contribution >= 4 is 34.0 Å². The van der Waals surface area contributed by atoms with E-state index in [1.54, 1.807) is 12.3 Å². The standard InChI is InChI=1S/C22H15NO4S/c24-18(16-10-23-17-7-3-1-5-14(16)17)12-27-22(25)20-9-13-11-26-19-8-4-2-6-15(19)21(13)28-20/h1-10,23H,11-12H2. The van der Waals surface area contributed by atoms with E-state index in [0.717, 1.165) is 32.7 Å². The highest BCUT2D eigenvalue weighted by Gasteiger charge is 2.23. The Morgan fingerprint density at radius 2 is 1.93 bits per heavy atom. The van der Waals surface area contributed by atoms with Crippen molar-refractivity contribution in [1.29, 1.82) is 0 Å². The van der Waals surface area contributed by atoms with Gasteiger partial charge in [-0.1, -0.05) is 30.3 Å². The van der Waals surface area contributed by atoms with Gasteiger partial charge in [0.05, 0.1) is 0 Å². The largest absolute Gasteiger partial charge is 0.488 e. The van der Waals surface area contributed by atoms with Crippen LogP contribution in [0.25, 0.3) is 21.3 Å². The van der Waals surface area contributed by atoms with Gasteiger partial charge in [-0.15, -0.1) is 11.3 Å². The second-order valence-electron chi connectivity index (χ2n) is 6.50. The number of nitrogens with one attached hydrogen (secondary N) is 1. The molecule has 5 nitrogen and oxygen atoms in total. The van der Waals surface area contributed by atoms with Gasteiger partial charge in [-0.3, -0.25) is 4.79 Å². The number of Topliss-reactive ketones (excluding diaryl/α,β-unsaturated/α-hetero) is 1. The Bertz CT molecular complexity index is 1220. The maximum Gasteiger partial charge on any atom is 0.348 e. The van der Waals surface area contributed by atoms with Crippen LogP contribution >= 0.6 is 11.3 Å². The zero-order valence-electron chi connectivity index (χ0n) is 14.7. The zero-order valence-corrected chi connectivity index (χ0v) is 15.5. The van der Waals surface area contributed by atoms with Crippen LogP contribution in [0.4, 0.5) is 0 Å². The second-order valence-corrected chi connectivity index (χ2v) is 7.55. The fraction of sp³-hybridized carbons (Fsp3) is 0.0909. The van der Waals surface area contributed by atoms with Gasteiger partial charge in [0.1, 0.15) is 17.2 Å². The van der Waals surface area contributed by atoms with Crippen LogP contribution in [0.2, 0.25) is 0 Å². The van der Waals surface area contributed by atoms with E-state index in [0.29, 0.717) is 17.0 Å². The SMILES string of the molecule is O=C(OCC(=O)c1c[nH]c2ccccc12)c1cc2c(s1)-c1ccccc1OC2. The minimum absolute atomic E-state index is 0.235. The summed E-state index contributed by atoms with van der Waals surface area (Å²) in [7, 11) is 0. The summed E-state index contributed by atoms with van der Waals surface area (Å²) in [5.74, 6) is 0.0807. The number of thiophene rings is 1. The predicted octanol–water partition coefficient (Wildman–Crippen LogP) is 4.83. The third kappa shape index (κ3) is 2.78. The summed E-state index contributed by atoms with van der Waals surface area (Å²) in [5.41, 5.74) is 3.33. The number of esters is 1. The van der Waals surface area contributed by atoms with Crippen LogP contribution in [-0.4, -0.2) is 23.3 Å². The number of rotatable bonds is 4. The Labute approximate surface area is 164 Å². The van der Waals surface area contributed by atoms with Crippen molar-refractivity contribution in [3.8, 4) is 16.2 Å². The summed E-state index contributed by atoms with van der Waals surface area (Å²) >= 11 is 1.37. The van der Waals surface area contributed by atoms with E-state index in [2.05, 4.69) is 4.98 Å². The molecule has 1 N–H and O–H groups in total. The maximum atomic E-state index is 12.5. The van der Waals surface area contributed by atoms with E-state index in [1.165, 1.54) is 11.3 Å². The number of carbonyl (C=O) groups excluding carboxylic acids is 2. The lowest BCUT2D eigenvalue weighted by Gasteiger charge is -2.16. The molecule has 2 aromatic heterocycles. The Kier molecular flexibility index (Phi) is 3.98. The number of benzene rings is 2. The van der Waals surface area contributed by atoms with Crippen molar-refractivity contribution in [1.82, 2.24) is 4.98 Å². The first-order valence-electron chi connectivity index (χ1n) is 8.82. The maximum absolute atomic E-state index is 12.5. The molecule has 4 aromatic rings. The van der Waals surface area contributed by atoms with E-state index in [1.807, 2.05) is 48.5 Å². The van der Waals surface area contributed by atoms with Gasteiger partial charge in [0, 0.05) is 38.7 Å². The van der Waals surface area contributed by atoms with Crippen LogP contribution in [0.5, 0.6) is 5.75 Å². The van der Waals surface area contributed by atoms with Crippen LogP contribution in [0.3, 0.4) is 0 Å². The number of H-pyrrole nitrogens is 1. The lowest BCUT2D eigenvalue weighted by atomic mass is 10.1. The fourth-order valence-corrected chi connectivity index (χ4v) is 4.47. The quantitative estimate of drug-likeness (QED) is 0.401. The minimum atomic E-state index is -0.495. The summed E-state index contributed by atoms with van der Waals surface area (Å²) in [5, 5.41) is 0.823. The van der Waals surface area contributed by atoms with Crippen molar-refractivity contribution in [3.63, 3.8) is 0 Å². The monoisotopic (exact) mass is 389 g/mol. The highest BCUT2D eigenvalue weighted by atomic mass is 32.1. The average molecular weight is 389 g/mol. The van der Waals surface area contributed by atoms with E-state index in [-0.39, 0.29) is 12.4 Å². The molecule has 5 rings (SSSR count). The molecule has 0 unspecified atom stereocenters. The number of ether oxygens (including phenoxy) is 2. The topological polar surface area (TPSA) is 68.4 Å². The van der Waals surface area contributed by atoms with Gasteiger partial charge in [0.15, 0.2) is 6.61 Å². The highest BCUT2D eigenvalue weighted by molar-refractivity contribution is 7.17. The van der Waals surface area contributed by atoms with Crippen molar-refractivity contribution in [2.75, 3.05) is 6.61 Å². The molecule has 0 saturated heterocycles. The summed E-state index contributed by atoms with van der Waals surface area (Å²) in [6, 6.07) is 17.1. The van der Waals surface area contributed by atoms with Gasteiger partial charge in [0.25, 0.3) is 0 Å². The van der Waals surface area contributed by atoms with Gasteiger partial charge in [-0.05, 0) is 24.3 Å². The number of ketones is 1. The predicted molar refractivity (Wildman–Crippen MR) is 107 cm³/mol. The lowest BCUT2D eigenvalue weighted by molar-refractivity contribution is 0.0480. The van der Waals surface area contributed by atoms with E-state index < -0.39 is 5.97 Å². The number of carbonyl (C=O) groups is 2. The van der Waals surface area contributed by atoms with E-state index in [9.17, 15) is 9.59 Å². The Hall–Kier alpha value is -3.38. The number of hydrogen-bond acceptors (Lipinski definition) is 5. The molecular formula is C22H15NO4S. The van der Waals surface area contributed by atoms with Gasteiger partial charge in [0.2, 0.25) is 5.78 Å².